The number of rotatable bonds is 3. The highest BCUT2D eigenvalue weighted by Gasteiger charge is 2.17. The number of aromatic nitrogens is 1. The van der Waals surface area contributed by atoms with Crippen LogP contribution in [-0.2, 0) is 17.1 Å². The predicted molar refractivity (Wildman–Crippen MR) is 63.4 cm³/mol. The molecule has 0 saturated carbocycles. The Morgan fingerprint density at radius 3 is 2.80 bits per heavy atom. The minimum Gasteiger partial charge on any atom is -0.462 e. The van der Waals surface area contributed by atoms with Crippen LogP contribution in [0.5, 0.6) is 0 Å². The number of esters is 1. The lowest BCUT2D eigenvalue weighted by atomic mass is 10.4. The van der Waals surface area contributed by atoms with Gasteiger partial charge in [-0.15, -0.1) is 0 Å². The molecule has 1 aromatic rings. The van der Waals surface area contributed by atoms with E-state index in [0.29, 0.717) is 16.8 Å². The first-order chi connectivity index (χ1) is 7.15. The van der Waals surface area contributed by atoms with Gasteiger partial charge in [-0.3, -0.25) is 4.99 Å². The lowest BCUT2D eigenvalue weighted by Gasteiger charge is -2.02. The number of nitrogens with zero attached hydrogens (tertiary/aromatic N) is 2. The Morgan fingerprint density at radius 2 is 2.33 bits per heavy atom. The summed E-state index contributed by atoms with van der Waals surface area (Å²) in [6.07, 6.45) is 0. The Labute approximate surface area is 101 Å². The lowest BCUT2D eigenvalue weighted by molar-refractivity contribution is 0.0530. The summed E-state index contributed by atoms with van der Waals surface area (Å²) in [6, 6.07) is 0. The van der Waals surface area contributed by atoms with Gasteiger partial charge >= 0.3 is 5.97 Å². The van der Waals surface area contributed by atoms with E-state index in [4.69, 9.17) is 4.74 Å². The number of carbonyl (C=O) groups excluding carboxylic acids is 1. The molecule has 84 valence electrons. The Morgan fingerprint density at radius 1 is 1.67 bits per heavy atom. The second-order valence-corrected chi connectivity index (χ2v) is 4.34. The molecule has 6 heteroatoms. The molecule has 0 fully saturated rings. The van der Waals surface area contributed by atoms with Crippen molar-refractivity contribution in [3.05, 3.63) is 15.4 Å². The van der Waals surface area contributed by atoms with Crippen LogP contribution in [0.3, 0.4) is 0 Å². The highest BCUT2D eigenvalue weighted by atomic mass is 79.9. The summed E-state index contributed by atoms with van der Waals surface area (Å²) in [5.74, 6) is -0.276. The molecule has 0 N–H and O–H groups in total. The van der Waals surface area contributed by atoms with Gasteiger partial charge in [-0.25, -0.2) is 4.79 Å². The van der Waals surface area contributed by atoms with Crippen molar-refractivity contribution in [2.24, 2.45) is 12.0 Å². The highest BCUT2D eigenvalue weighted by molar-refractivity contribution is 9.08. The second kappa shape index (κ2) is 5.46. The normalized spacial score (nSPS) is 11.9. The Kier molecular flexibility index (Phi) is 4.53. The van der Waals surface area contributed by atoms with E-state index in [0.717, 1.165) is 10.5 Å². The molecule has 0 atom stereocenters. The molecule has 0 aromatic carbocycles. The second-order valence-electron chi connectivity index (χ2n) is 2.80. The van der Waals surface area contributed by atoms with Crippen LogP contribution in [0.1, 0.15) is 22.3 Å². The maximum atomic E-state index is 11.6. The van der Waals surface area contributed by atoms with E-state index in [1.165, 1.54) is 11.3 Å². The number of ether oxygens (including phenoxy) is 1. The average Bonchev–Trinajstić information content (AvgIpc) is 2.55. The summed E-state index contributed by atoms with van der Waals surface area (Å²) in [5.41, 5.74) is 0.902. The van der Waals surface area contributed by atoms with Gasteiger partial charge in [0.05, 0.1) is 12.3 Å². The maximum Gasteiger partial charge on any atom is 0.350 e. The molecular weight excluding hydrogens is 280 g/mol. The summed E-state index contributed by atoms with van der Waals surface area (Å²) in [7, 11) is 3.59. The van der Waals surface area contributed by atoms with E-state index >= 15 is 0 Å². The third-order valence-electron chi connectivity index (χ3n) is 1.93. The van der Waals surface area contributed by atoms with Crippen LogP contribution in [0, 0.1) is 0 Å². The fraction of sp³-hybridized carbons (Fsp3) is 0.556. The molecule has 0 aliphatic heterocycles. The van der Waals surface area contributed by atoms with Gasteiger partial charge in [0.25, 0.3) is 0 Å². The number of alkyl halides is 1. The summed E-state index contributed by atoms with van der Waals surface area (Å²) in [4.78, 5) is 17.1. The molecule has 0 amide bonds. The monoisotopic (exact) mass is 292 g/mol. The maximum absolute atomic E-state index is 11.6. The number of hydrogen-bond donors (Lipinski definition) is 0. The molecule has 15 heavy (non-hydrogen) atoms. The third kappa shape index (κ3) is 2.49. The number of hydrogen-bond acceptors (Lipinski definition) is 4. The molecule has 4 nitrogen and oxygen atoms in total. The van der Waals surface area contributed by atoms with Crippen molar-refractivity contribution in [1.29, 1.82) is 0 Å². The fourth-order valence-corrected chi connectivity index (χ4v) is 3.02. The first-order valence-corrected chi connectivity index (χ1v) is 6.44. The first kappa shape index (κ1) is 12.4. The lowest BCUT2D eigenvalue weighted by Crippen LogP contribution is -2.12. The van der Waals surface area contributed by atoms with Gasteiger partial charge in [0.2, 0.25) is 0 Å². The molecule has 0 spiro atoms. The smallest absolute Gasteiger partial charge is 0.350 e. The van der Waals surface area contributed by atoms with Gasteiger partial charge < -0.3 is 9.30 Å². The van der Waals surface area contributed by atoms with Crippen LogP contribution < -0.4 is 4.80 Å². The molecule has 0 radical (unpaired) electrons. The van der Waals surface area contributed by atoms with Crippen LogP contribution in [0.15, 0.2) is 4.99 Å². The van der Waals surface area contributed by atoms with Crippen molar-refractivity contribution < 1.29 is 9.53 Å². The quantitative estimate of drug-likeness (QED) is 0.629. The molecule has 0 saturated heterocycles. The minimum atomic E-state index is -0.276. The summed E-state index contributed by atoms with van der Waals surface area (Å²) in [6.45, 7) is 2.19. The van der Waals surface area contributed by atoms with Crippen molar-refractivity contribution in [2.75, 3.05) is 13.7 Å². The molecule has 0 aliphatic rings. The van der Waals surface area contributed by atoms with Crippen molar-refractivity contribution in [1.82, 2.24) is 4.57 Å². The Bertz CT molecular complexity index is 422. The SMILES string of the molecule is CCOC(=O)c1sc(=NC)n(C)c1CBr. The predicted octanol–water partition coefficient (Wildman–Crippen LogP) is 1.69. The van der Waals surface area contributed by atoms with Gasteiger partial charge in [0.1, 0.15) is 4.88 Å². The number of carbonyl (C=O) groups is 1. The van der Waals surface area contributed by atoms with Crippen molar-refractivity contribution in [3.63, 3.8) is 0 Å². The summed E-state index contributed by atoms with van der Waals surface area (Å²) >= 11 is 4.71. The molecule has 1 rings (SSSR count). The van der Waals surface area contributed by atoms with Gasteiger partial charge in [0.15, 0.2) is 4.80 Å². The summed E-state index contributed by atoms with van der Waals surface area (Å²) in [5, 5.41) is 0.615. The number of halogens is 1. The van der Waals surface area contributed by atoms with Crippen molar-refractivity contribution in [3.8, 4) is 0 Å². The Balaban J connectivity index is 3.24. The minimum absolute atomic E-state index is 0.276. The van der Waals surface area contributed by atoms with Gasteiger partial charge in [-0.2, -0.15) is 0 Å². The zero-order chi connectivity index (χ0) is 11.4. The van der Waals surface area contributed by atoms with Gasteiger partial charge in [-0.1, -0.05) is 27.3 Å². The van der Waals surface area contributed by atoms with E-state index in [1.807, 2.05) is 11.6 Å². The van der Waals surface area contributed by atoms with E-state index < -0.39 is 0 Å². The number of thiazole rings is 1. The zero-order valence-electron chi connectivity index (χ0n) is 8.91. The van der Waals surface area contributed by atoms with Gasteiger partial charge in [0, 0.05) is 19.4 Å². The standard InChI is InChI=1S/C9H13BrN2O2S/c1-4-14-8(13)7-6(5-10)12(3)9(11-2)15-7/h4-5H2,1-3H3. The molecule has 1 aromatic heterocycles. The van der Waals surface area contributed by atoms with E-state index in [-0.39, 0.29) is 5.97 Å². The molecular formula is C9H13BrN2O2S. The topological polar surface area (TPSA) is 43.6 Å². The van der Waals surface area contributed by atoms with E-state index in [1.54, 1.807) is 14.0 Å². The first-order valence-electron chi connectivity index (χ1n) is 4.50. The molecule has 1 heterocycles. The average molecular weight is 293 g/mol. The van der Waals surface area contributed by atoms with Crippen LogP contribution in [-0.4, -0.2) is 24.2 Å². The third-order valence-corrected chi connectivity index (χ3v) is 3.70. The molecule has 0 bridgehead atoms. The molecule has 0 aliphatic carbocycles. The van der Waals surface area contributed by atoms with E-state index in [2.05, 4.69) is 20.9 Å². The zero-order valence-corrected chi connectivity index (χ0v) is 11.3. The van der Waals surface area contributed by atoms with Gasteiger partial charge in [-0.05, 0) is 6.92 Å². The Hall–Kier alpha value is -0.620. The highest BCUT2D eigenvalue weighted by Crippen LogP contribution is 2.16. The van der Waals surface area contributed by atoms with Crippen LogP contribution in [0.2, 0.25) is 0 Å². The van der Waals surface area contributed by atoms with Crippen molar-refractivity contribution in [2.45, 2.75) is 12.3 Å². The molecule has 0 unspecified atom stereocenters. The van der Waals surface area contributed by atoms with Crippen LogP contribution in [0.4, 0.5) is 0 Å². The largest absolute Gasteiger partial charge is 0.462 e. The van der Waals surface area contributed by atoms with Crippen molar-refractivity contribution >= 4 is 33.2 Å². The fourth-order valence-electron chi connectivity index (χ4n) is 1.19. The summed E-state index contributed by atoms with van der Waals surface area (Å²) < 4.78 is 6.87. The van der Waals surface area contributed by atoms with Crippen LogP contribution >= 0.6 is 27.3 Å². The van der Waals surface area contributed by atoms with Crippen LogP contribution in [0.25, 0.3) is 0 Å². The van der Waals surface area contributed by atoms with E-state index in [9.17, 15) is 4.79 Å².